The van der Waals surface area contributed by atoms with E-state index in [4.69, 9.17) is 19.3 Å². The van der Waals surface area contributed by atoms with E-state index in [2.05, 4.69) is 18.4 Å². The van der Waals surface area contributed by atoms with E-state index in [0.717, 1.165) is 38.5 Å². The van der Waals surface area contributed by atoms with Crippen LogP contribution in [-0.4, -0.2) is 74.7 Å². The van der Waals surface area contributed by atoms with Crippen LogP contribution < -0.4 is 0 Å². The van der Waals surface area contributed by atoms with Gasteiger partial charge >= 0.3 is 19.8 Å². The zero-order valence-electron chi connectivity index (χ0n) is 35.8. The first kappa shape index (κ1) is 53.4. The second-order valence-electron chi connectivity index (χ2n) is 16.4. The van der Waals surface area contributed by atoms with Crippen LogP contribution >= 0.6 is 7.82 Å². The average Bonchev–Trinajstić information content (AvgIpc) is 3.44. The second kappa shape index (κ2) is 35.2. The second-order valence-corrected chi connectivity index (χ2v) is 17.6. The maximum atomic E-state index is 12.6. The normalized spacial score (nSPS) is 19.8. The number of allylic oxidation sites excluding steroid dienone is 1. The standard InChI is InChI=1S/C45H83O11P/c1-3-5-7-8-9-10-11-12-13-14-15-16-17-18-19-20-21-22-23-24-26-31-44(49)54-36-39(37-55-57(51,52)53)56-45(50)32-28-27-30-40-41(43(48)35-42(40)47)34-33-38(46)29-25-6-4-2/h27-28,33-34,38-43,46-48H,3-26,29-32,35-37H2,1-2H3,(H2,51,52,53)/b28-27-,34-33+/t38-,39-,40+,41-,42+,43-/m1/s1. The Kier molecular flexibility index (Phi) is 33.0. The number of hydrogen-bond acceptors (Lipinski definition) is 9. The minimum Gasteiger partial charge on any atom is -0.462 e. The smallest absolute Gasteiger partial charge is 0.462 e. The minimum atomic E-state index is -4.85. The molecule has 6 atom stereocenters. The van der Waals surface area contributed by atoms with E-state index in [1.807, 2.05) is 0 Å². The Bertz CT molecular complexity index is 1090. The number of aliphatic hydroxyl groups excluding tert-OH is 3. The topological polar surface area (TPSA) is 180 Å². The molecule has 0 amide bonds. The van der Waals surface area contributed by atoms with Crippen molar-refractivity contribution in [1.29, 1.82) is 0 Å². The molecule has 0 unspecified atom stereocenters. The third-order valence-corrected chi connectivity index (χ3v) is 11.6. The Morgan fingerprint density at radius 2 is 1.16 bits per heavy atom. The molecule has 0 aliphatic heterocycles. The van der Waals surface area contributed by atoms with Gasteiger partial charge < -0.3 is 34.6 Å². The largest absolute Gasteiger partial charge is 0.469 e. The molecule has 0 aromatic rings. The number of esters is 2. The molecule has 0 radical (unpaired) electrons. The van der Waals surface area contributed by atoms with E-state index in [1.54, 1.807) is 24.3 Å². The first-order chi connectivity index (χ1) is 27.5. The summed E-state index contributed by atoms with van der Waals surface area (Å²) < 4.78 is 26.4. The molecule has 0 aromatic heterocycles. The molecule has 0 heterocycles. The molecule has 1 fully saturated rings. The lowest BCUT2D eigenvalue weighted by Gasteiger charge is -2.20. The van der Waals surface area contributed by atoms with Crippen LogP contribution in [-0.2, 0) is 28.2 Å². The Balaban J connectivity index is 2.22. The molecule has 11 nitrogen and oxygen atoms in total. The summed E-state index contributed by atoms with van der Waals surface area (Å²) in [6, 6.07) is 0. The van der Waals surface area contributed by atoms with Crippen molar-refractivity contribution < 1.29 is 53.3 Å². The summed E-state index contributed by atoms with van der Waals surface area (Å²) in [6.07, 6.45) is 34.6. The summed E-state index contributed by atoms with van der Waals surface area (Å²) in [5.41, 5.74) is 0. The summed E-state index contributed by atoms with van der Waals surface area (Å²) in [4.78, 5) is 43.2. The molecule has 0 bridgehead atoms. The van der Waals surface area contributed by atoms with Crippen molar-refractivity contribution in [3.05, 3.63) is 24.3 Å². The van der Waals surface area contributed by atoms with Crippen LogP contribution in [0.25, 0.3) is 0 Å². The van der Waals surface area contributed by atoms with Crippen LogP contribution in [0.15, 0.2) is 24.3 Å². The number of aliphatic hydroxyl groups is 3. The molecule has 0 aromatic carbocycles. The molecule has 5 N–H and O–H groups in total. The molecular weight excluding hydrogens is 747 g/mol. The van der Waals surface area contributed by atoms with E-state index in [9.17, 15) is 29.5 Å². The average molecular weight is 831 g/mol. The van der Waals surface area contributed by atoms with E-state index in [-0.39, 0.29) is 31.1 Å². The van der Waals surface area contributed by atoms with Crippen LogP contribution in [0.4, 0.5) is 0 Å². The van der Waals surface area contributed by atoms with Crippen molar-refractivity contribution >= 4 is 19.8 Å². The third kappa shape index (κ3) is 31.0. The number of unbranched alkanes of at least 4 members (excludes halogenated alkanes) is 22. The van der Waals surface area contributed by atoms with Gasteiger partial charge in [0.1, 0.15) is 6.61 Å². The number of phosphoric acid groups is 1. The van der Waals surface area contributed by atoms with Gasteiger partial charge in [-0.1, -0.05) is 186 Å². The van der Waals surface area contributed by atoms with Crippen molar-refractivity contribution in [1.82, 2.24) is 0 Å². The van der Waals surface area contributed by atoms with Gasteiger partial charge in [0.15, 0.2) is 6.10 Å². The summed E-state index contributed by atoms with van der Waals surface area (Å²) in [7, 11) is -4.85. The summed E-state index contributed by atoms with van der Waals surface area (Å²) in [5, 5.41) is 31.2. The molecule has 1 aliphatic carbocycles. The fourth-order valence-electron chi connectivity index (χ4n) is 7.59. The molecule has 334 valence electrons. The van der Waals surface area contributed by atoms with E-state index >= 15 is 0 Å². The first-order valence-electron chi connectivity index (χ1n) is 22.9. The minimum absolute atomic E-state index is 0.165. The molecule has 0 saturated heterocycles. The lowest BCUT2D eigenvalue weighted by Crippen LogP contribution is -2.29. The summed E-state index contributed by atoms with van der Waals surface area (Å²) in [5.74, 6) is -1.81. The van der Waals surface area contributed by atoms with Gasteiger partial charge in [0.2, 0.25) is 0 Å². The van der Waals surface area contributed by atoms with Gasteiger partial charge in [0, 0.05) is 18.8 Å². The van der Waals surface area contributed by atoms with E-state index in [0.29, 0.717) is 19.3 Å². The third-order valence-electron chi connectivity index (χ3n) is 11.1. The van der Waals surface area contributed by atoms with Crippen molar-refractivity contribution in [2.24, 2.45) is 11.8 Å². The lowest BCUT2D eigenvalue weighted by atomic mass is 9.89. The predicted octanol–water partition coefficient (Wildman–Crippen LogP) is 10.3. The Labute approximate surface area is 346 Å². The molecule has 0 spiro atoms. The van der Waals surface area contributed by atoms with Crippen molar-refractivity contribution in [2.75, 3.05) is 13.2 Å². The molecule has 12 heteroatoms. The molecular formula is C45H83O11P. The van der Waals surface area contributed by atoms with Gasteiger partial charge in [-0.2, -0.15) is 0 Å². The maximum Gasteiger partial charge on any atom is 0.469 e. The highest BCUT2D eigenvalue weighted by atomic mass is 31.2. The van der Waals surface area contributed by atoms with Gasteiger partial charge in [0.25, 0.3) is 0 Å². The van der Waals surface area contributed by atoms with Crippen LogP contribution in [0.2, 0.25) is 0 Å². The zero-order chi connectivity index (χ0) is 42.0. The quantitative estimate of drug-likeness (QED) is 0.0173. The lowest BCUT2D eigenvalue weighted by molar-refractivity contribution is -0.160. The van der Waals surface area contributed by atoms with E-state index < -0.39 is 57.4 Å². The molecule has 57 heavy (non-hydrogen) atoms. The molecule has 1 aliphatic rings. The fourth-order valence-corrected chi connectivity index (χ4v) is 7.95. The highest BCUT2D eigenvalue weighted by molar-refractivity contribution is 7.46. The zero-order valence-corrected chi connectivity index (χ0v) is 36.7. The summed E-state index contributed by atoms with van der Waals surface area (Å²) >= 11 is 0. The van der Waals surface area contributed by atoms with Gasteiger partial charge in [-0.25, -0.2) is 4.57 Å². The first-order valence-corrected chi connectivity index (χ1v) is 24.4. The molecule has 1 saturated carbocycles. The van der Waals surface area contributed by atoms with Crippen LogP contribution in [0.5, 0.6) is 0 Å². The van der Waals surface area contributed by atoms with E-state index in [1.165, 1.54) is 109 Å². The van der Waals surface area contributed by atoms with Crippen LogP contribution in [0.1, 0.15) is 200 Å². The number of hydrogen-bond donors (Lipinski definition) is 5. The number of carbonyl (C=O) groups excluding carboxylic acids is 2. The van der Waals surface area contributed by atoms with Crippen molar-refractivity contribution in [3.8, 4) is 0 Å². The monoisotopic (exact) mass is 831 g/mol. The van der Waals surface area contributed by atoms with Gasteiger partial charge in [-0.3, -0.25) is 14.1 Å². The van der Waals surface area contributed by atoms with Crippen molar-refractivity contribution in [3.63, 3.8) is 0 Å². The highest BCUT2D eigenvalue weighted by Crippen LogP contribution is 2.37. The van der Waals surface area contributed by atoms with Gasteiger partial charge in [-0.05, 0) is 25.2 Å². The van der Waals surface area contributed by atoms with Gasteiger partial charge in [-0.15, -0.1) is 0 Å². The van der Waals surface area contributed by atoms with Crippen LogP contribution in [0.3, 0.4) is 0 Å². The number of phosphoric ester groups is 1. The highest BCUT2D eigenvalue weighted by Gasteiger charge is 2.39. The Hall–Kier alpha value is -1.59. The number of ether oxygens (including phenoxy) is 2. The van der Waals surface area contributed by atoms with Crippen molar-refractivity contribution in [2.45, 2.75) is 224 Å². The fraction of sp³-hybridized carbons (Fsp3) is 0.867. The predicted molar refractivity (Wildman–Crippen MR) is 227 cm³/mol. The van der Waals surface area contributed by atoms with Crippen LogP contribution in [0, 0.1) is 11.8 Å². The Morgan fingerprint density at radius 3 is 1.67 bits per heavy atom. The number of carbonyl (C=O) groups is 2. The summed E-state index contributed by atoms with van der Waals surface area (Å²) in [6.45, 7) is 3.33. The maximum absolute atomic E-state index is 12.6. The number of rotatable bonds is 38. The SMILES string of the molecule is CCCCCCCCCCCCCCCCCCCCCCCC(=O)OC[C@H](COP(=O)(O)O)OC(=O)C/C=C\C[C@H]1[C@@H](/C=C/[C@H](O)CCCCC)[C@H](O)C[C@@H]1O. The Morgan fingerprint density at radius 1 is 0.667 bits per heavy atom. The molecule has 1 rings (SSSR count). The van der Waals surface area contributed by atoms with Gasteiger partial charge in [0.05, 0.1) is 31.3 Å².